The third-order valence-corrected chi connectivity index (χ3v) is 5.72. The van der Waals surface area contributed by atoms with Gasteiger partial charge in [-0.3, -0.25) is 25.0 Å². The molecule has 3 aromatic rings. The van der Waals surface area contributed by atoms with E-state index in [9.17, 15) is 30.3 Å². The quantitative estimate of drug-likeness (QED) is 0.145. The normalized spacial score (nSPS) is 10.8. The Labute approximate surface area is 225 Å². The van der Waals surface area contributed by atoms with Crippen molar-refractivity contribution < 1.29 is 24.1 Å². The Bertz CT molecular complexity index is 1480. The van der Waals surface area contributed by atoms with Gasteiger partial charge in [0, 0.05) is 31.5 Å². The van der Waals surface area contributed by atoms with E-state index in [-0.39, 0.29) is 27.3 Å². The number of carbonyl (C=O) groups is 1. The summed E-state index contributed by atoms with van der Waals surface area (Å²) >= 11 is 3.32. The van der Waals surface area contributed by atoms with Crippen molar-refractivity contribution >= 4 is 50.7 Å². The van der Waals surface area contributed by atoms with E-state index in [1.54, 1.807) is 12.1 Å². The molecule has 3 rings (SSSR count). The molecule has 0 fully saturated rings. The first-order valence-electron chi connectivity index (χ1n) is 10.7. The highest BCUT2D eigenvalue weighted by Crippen LogP contribution is 2.43. The summed E-state index contributed by atoms with van der Waals surface area (Å²) in [4.78, 5) is 35.5. The summed E-state index contributed by atoms with van der Waals surface area (Å²) in [6.45, 7) is 0. The second-order valence-electron chi connectivity index (χ2n) is 7.87. The zero-order chi connectivity index (χ0) is 28.0. The van der Waals surface area contributed by atoms with Gasteiger partial charge in [-0.25, -0.2) is 0 Å². The fourth-order valence-corrected chi connectivity index (χ4v) is 3.78. The predicted molar refractivity (Wildman–Crippen MR) is 144 cm³/mol. The Hall–Kier alpha value is -4.96. The molecule has 0 radical (unpaired) electrons. The summed E-state index contributed by atoms with van der Waals surface area (Å²) in [5.74, 6) is -0.705. The van der Waals surface area contributed by atoms with Crippen LogP contribution in [0.2, 0.25) is 0 Å². The molecule has 0 atom stereocenters. The molecule has 0 saturated heterocycles. The fourth-order valence-electron chi connectivity index (χ4n) is 3.24. The van der Waals surface area contributed by atoms with Crippen LogP contribution in [0.4, 0.5) is 22.7 Å². The molecule has 0 aromatic heterocycles. The molecule has 0 aliphatic rings. The van der Waals surface area contributed by atoms with Gasteiger partial charge in [0.05, 0.1) is 27.5 Å². The lowest BCUT2D eigenvalue weighted by atomic mass is 10.1. The molecule has 0 aliphatic carbocycles. The Morgan fingerprint density at radius 3 is 2.29 bits per heavy atom. The number of anilines is 2. The monoisotopic (exact) mass is 581 g/mol. The highest BCUT2D eigenvalue weighted by atomic mass is 79.9. The van der Waals surface area contributed by atoms with Gasteiger partial charge < -0.3 is 19.7 Å². The number of ether oxygens (including phenoxy) is 2. The van der Waals surface area contributed by atoms with Crippen LogP contribution in [0.1, 0.15) is 5.56 Å². The van der Waals surface area contributed by atoms with E-state index in [1.807, 2.05) is 37.2 Å². The van der Waals surface area contributed by atoms with Crippen molar-refractivity contribution in [3.05, 3.63) is 90.4 Å². The van der Waals surface area contributed by atoms with Crippen LogP contribution in [0.25, 0.3) is 6.08 Å². The molecule has 3 aromatic carbocycles. The lowest BCUT2D eigenvalue weighted by Crippen LogP contribution is -2.14. The van der Waals surface area contributed by atoms with Gasteiger partial charge in [-0.05, 0) is 70.0 Å². The number of nitrogens with one attached hydrogen (secondary N) is 1. The van der Waals surface area contributed by atoms with Crippen LogP contribution >= 0.6 is 15.9 Å². The predicted octanol–water partition coefficient (Wildman–Crippen LogP) is 5.68. The number of hydrogen-bond acceptors (Lipinski definition) is 9. The molecule has 1 N–H and O–H groups in total. The minimum Gasteiger partial charge on any atom is -0.493 e. The second kappa shape index (κ2) is 11.8. The maximum Gasteiger partial charge on any atom is 0.318 e. The standard InChI is InChI=1S/C25H20BrN5O7/c1-29(2)18-6-4-17(5-7-18)28-25(32)16(14-27)10-15-11-20(26)24(23(12-15)37-3)38-22-9-8-19(30(33)34)13-21(22)31(35)36/h4-13H,1-3H3,(H,28,32)/b16-10-. The van der Waals surface area contributed by atoms with E-state index >= 15 is 0 Å². The van der Waals surface area contributed by atoms with Gasteiger partial charge in [0.2, 0.25) is 5.75 Å². The third kappa shape index (κ3) is 6.42. The second-order valence-corrected chi connectivity index (χ2v) is 8.72. The molecular weight excluding hydrogens is 562 g/mol. The van der Waals surface area contributed by atoms with E-state index in [2.05, 4.69) is 21.2 Å². The number of benzene rings is 3. The molecule has 13 heteroatoms. The minimum absolute atomic E-state index is 0.0468. The molecular formula is C25H20BrN5O7. The summed E-state index contributed by atoms with van der Waals surface area (Å²) in [7, 11) is 5.11. The number of carbonyl (C=O) groups excluding carboxylic acids is 1. The van der Waals surface area contributed by atoms with Crippen molar-refractivity contribution in [3.8, 4) is 23.3 Å². The summed E-state index contributed by atoms with van der Waals surface area (Å²) in [5, 5.41) is 34.7. The number of nitrogens with zero attached hydrogens (tertiary/aromatic N) is 4. The average Bonchev–Trinajstić information content (AvgIpc) is 2.88. The lowest BCUT2D eigenvalue weighted by molar-refractivity contribution is -0.394. The SMILES string of the molecule is COc1cc(/C=C(/C#N)C(=O)Nc2ccc(N(C)C)cc2)cc(Br)c1Oc1ccc([N+](=O)[O-])cc1[N+](=O)[O-]. The minimum atomic E-state index is -0.800. The Kier molecular flexibility index (Phi) is 8.61. The van der Waals surface area contributed by atoms with Crippen molar-refractivity contribution in [2.75, 3.05) is 31.4 Å². The van der Waals surface area contributed by atoms with Gasteiger partial charge in [-0.15, -0.1) is 0 Å². The van der Waals surface area contributed by atoms with Crippen LogP contribution in [0.5, 0.6) is 17.2 Å². The van der Waals surface area contributed by atoms with Crippen molar-refractivity contribution in [1.29, 1.82) is 5.26 Å². The van der Waals surface area contributed by atoms with Crippen LogP contribution in [0, 0.1) is 31.6 Å². The van der Waals surface area contributed by atoms with Crippen molar-refractivity contribution in [3.63, 3.8) is 0 Å². The molecule has 0 spiro atoms. The first-order valence-corrected chi connectivity index (χ1v) is 11.5. The van der Waals surface area contributed by atoms with Gasteiger partial charge in [-0.2, -0.15) is 5.26 Å². The molecule has 0 unspecified atom stereocenters. The molecule has 0 saturated carbocycles. The third-order valence-electron chi connectivity index (χ3n) is 5.13. The van der Waals surface area contributed by atoms with E-state index in [1.165, 1.54) is 25.3 Å². The average molecular weight is 582 g/mol. The first-order chi connectivity index (χ1) is 18.0. The van der Waals surface area contributed by atoms with E-state index in [4.69, 9.17) is 9.47 Å². The Balaban J connectivity index is 1.91. The zero-order valence-electron chi connectivity index (χ0n) is 20.3. The van der Waals surface area contributed by atoms with Crippen molar-refractivity contribution in [1.82, 2.24) is 0 Å². The molecule has 194 valence electrons. The zero-order valence-corrected chi connectivity index (χ0v) is 21.9. The fraction of sp³-hybridized carbons (Fsp3) is 0.120. The lowest BCUT2D eigenvalue weighted by Gasteiger charge is -2.14. The van der Waals surface area contributed by atoms with Crippen LogP contribution in [0.15, 0.2) is 64.6 Å². The van der Waals surface area contributed by atoms with Crippen LogP contribution in [-0.4, -0.2) is 37.0 Å². The largest absolute Gasteiger partial charge is 0.493 e. The summed E-state index contributed by atoms with van der Waals surface area (Å²) in [6, 6.07) is 14.9. The summed E-state index contributed by atoms with van der Waals surface area (Å²) in [6.07, 6.45) is 1.34. The number of methoxy groups -OCH3 is 1. The molecule has 0 aliphatic heterocycles. The molecule has 0 heterocycles. The first kappa shape index (κ1) is 27.6. The number of halogens is 1. The highest BCUT2D eigenvalue weighted by Gasteiger charge is 2.23. The summed E-state index contributed by atoms with van der Waals surface area (Å²) in [5.41, 5.74) is 0.584. The maximum atomic E-state index is 12.7. The van der Waals surface area contributed by atoms with Crippen LogP contribution in [-0.2, 0) is 4.79 Å². The van der Waals surface area contributed by atoms with Gasteiger partial charge >= 0.3 is 5.69 Å². The van der Waals surface area contributed by atoms with Gasteiger partial charge in [0.25, 0.3) is 11.6 Å². The Morgan fingerprint density at radius 2 is 1.74 bits per heavy atom. The van der Waals surface area contributed by atoms with Gasteiger partial charge in [0.15, 0.2) is 11.5 Å². The number of nitro groups is 2. The van der Waals surface area contributed by atoms with Crippen LogP contribution in [0.3, 0.4) is 0 Å². The number of hydrogen-bond donors (Lipinski definition) is 1. The number of nitriles is 1. The molecule has 12 nitrogen and oxygen atoms in total. The van der Waals surface area contributed by atoms with Crippen LogP contribution < -0.4 is 19.7 Å². The molecule has 0 bridgehead atoms. The van der Waals surface area contributed by atoms with E-state index in [0.29, 0.717) is 11.3 Å². The molecule has 1 amide bonds. The number of non-ortho nitro benzene ring substituents is 1. The summed E-state index contributed by atoms with van der Waals surface area (Å²) < 4.78 is 11.3. The van der Waals surface area contributed by atoms with Crippen molar-refractivity contribution in [2.24, 2.45) is 0 Å². The van der Waals surface area contributed by atoms with Gasteiger partial charge in [-0.1, -0.05) is 0 Å². The van der Waals surface area contributed by atoms with Gasteiger partial charge in [0.1, 0.15) is 11.6 Å². The number of nitro benzene ring substituents is 2. The number of rotatable bonds is 9. The smallest absolute Gasteiger partial charge is 0.318 e. The topological polar surface area (TPSA) is 161 Å². The molecule has 38 heavy (non-hydrogen) atoms. The van der Waals surface area contributed by atoms with E-state index in [0.717, 1.165) is 23.9 Å². The van der Waals surface area contributed by atoms with E-state index < -0.39 is 27.1 Å². The Morgan fingerprint density at radius 1 is 1.05 bits per heavy atom. The highest BCUT2D eigenvalue weighted by molar-refractivity contribution is 9.10. The maximum absolute atomic E-state index is 12.7. The number of amides is 1. The van der Waals surface area contributed by atoms with Crippen molar-refractivity contribution in [2.45, 2.75) is 0 Å².